The molecule has 0 aliphatic carbocycles. The van der Waals surface area contributed by atoms with E-state index in [1.165, 1.54) is 20.1 Å². The molecule has 0 heterocycles. The largest absolute Gasteiger partial charge is 0.495 e. The minimum Gasteiger partial charge on any atom is -0.495 e. The fourth-order valence-corrected chi connectivity index (χ4v) is 2.42. The lowest BCUT2D eigenvalue weighted by Gasteiger charge is -2.16. The van der Waals surface area contributed by atoms with E-state index in [-0.39, 0.29) is 10.6 Å². The van der Waals surface area contributed by atoms with Crippen molar-refractivity contribution in [2.45, 2.75) is 20.0 Å². The minimum absolute atomic E-state index is 0.178. The third-order valence-electron chi connectivity index (χ3n) is 3.54. The average Bonchev–Trinajstić information content (AvgIpc) is 2.59. The first-order valence-electron chi connectivity index (χ1n) is 7.54. The molecule has 138 valence electrons. The number of hydrogen-bond acceptors (Lipinski definition) is 4. The zero-order chi connectivity index (χ0) is 19.4. The van der Waals surface area contributed by atoms with Crippen molar-refractivity contribution >= 4 is 40.8 Å². The molecule has 0 unspecified atom stereocenters. The van der Waals surface area contributed by atoms with Crippen molar-refractivity contribution < 1.29 is 23.5 Å². The monoisotopic (exact) mass is 399 g/mol. The lowest BCUT2D eigenvalue weighted by molar-refractivity contribution is -0.123. The van der Waals surface area contributed by atoms with Crippen molar-refractivity contribution in [2.75, 3.05) is 12.4 Å². The van der Waals surface area contributed by atoms with E-state index < -0.39 is 23.8 Å². The van der Waals surface area contributed by atoms with Crippen LogP contribution in [0.3, 0.4) is 0 Å². The Morgan fingerprint density at radius 1 is 1.19 bits per heavy atom. The first-order valence-corrected chi connectivity index (χ1v) is 8.29. The second-order valence-electron chi connectivity index (χ2n) is 5.46. The van der Waals surface area contributed by atoms with Gasteiger partial charge in [-0.1, -0.05) is 23.2 Å². The molecule has 0 saturated carbocycles. The van der Waals surface area contributed by atoms with Gasteiger partial charge in [-0.3, -0.25) is 4.79 Å². The van der Waals surface area contributed by atoms with Gasteiger partial charge in [0.25, 0.3) is 5.91 Å². The van der Waals surface area contributed by atoms with E-state index >= 15 is 0 Å². The van der Waals surface area contributed by atoms with Gasteiger partial charge in [-0.05, 0) is 43.7 Å². The zero-order valence-corrected chi connectivity index (χ0v) is 15.7. The molecule has 0 radical (unpaired) electrons. The molecule has 0 spiro atoms. The van der Waals surface area contributed by atoms with Crippen LogP contribution in [0.25, 0.3) is 0 Å². The number of rotatable bonds is 5. The zero-order valence-electron chi connectivity index (χ0n) is 14.2. The number of benzene rings is 2. The molecule has 0 bridgehead atoms. The second-order valence-corrected chi connectivity index (χ2v) is 6.31. The molecular formula is C18H16Cl2FNO4. The second kappa shape index (κ2) is 8.38. The summed E-state index contributed by atoms with van der Waals surface area (Å²) >= 11 is 11.8. The number of nitrogens with one attached hydrogen (secondary N) is 1. The summed E-state index contributed by atoms with van der Waals surface area (Å²) in [6, 6.07) is 6.67. The number of aryl methyl sites for hydroxylation is 1. The summed E-state index contributed by atoms with van der Waals surface area (Å²) in [4.78, 5) is 24.4. The summed E-state index contributed by atoms with van der Waals surface area (Å²) in [5.41, 5.74) is 0.752. The number of hydrogen-bond donors (Lipinski definition) is 1. The Balaban J connectivity index is 2.12. The van der Waals surface area contributed by atoms with Crippen molar-refractivity contribution in [2.24, 2.45) is 0 Å². The average molecular weight is 400 g/mol. The van der Waals surface area contributed by atoms with E-state index in [2.05, 4.69) is 5.32 Å². The van der Waals surface area contributed by atoms with Crippen LogP contribution in [0.4, 0.5) is 10.1 Å². The van der Waals surface area contributed by atoms with E-state index in [4.69, 9.17) is 32.7 Å². The highest BCUT2D eigenvalue weighted by Gasteiger charge is 2.22. The van der Waals surface area contributed by atoms with E-state index in [1.54, 1.807) is 19.1 Å². The van der Waals surface area contributed by atoms with Gasteiger partial charge < -0.3 is 14.8 Å². The lowest BCUT2D eigenvalue weighted by Crippen LogP contribution is -2.30. The molecule has 2 aromatic carbocycles. The summed E-state index contributed by atoms with van der Waals surface area (Å²) in [5, 5.41) is 3.25. The van der Waals surface area contributed by atoms with Crippen LogP contribution in [0.15, 0.2) is 30.3 Å². The van der Waals surface area contributed by atoms with Gasteiger partial charge in [0.1, 0.15) is 11.6 Å². The number of carbonyl (C=O) groups is 2. The smallest absolute Gasteiger partial charge is 0.341 e. The number of anilines is 1. The minimum atomic E-state index is -1.18. The molecule has 0 aliphatic rings. The lowest BCUT2D eigenvalue weighted by atomic mass is 10.2. The number of halogens is 3. The normalized spacial score (nSPS) is 11.6. The Morgan fingerprint density at radius 3 is 2.54 bits per heavy atom. The quantitative estimate of drug-likeness (QED) is 0.744. The highest BCUT2D eigenvalue weighted by Crippen LogP contribution is 2.31. The van der Waals surface area contributed by atoms with Gasteiger partial charge >= 0.3 is 5.97 Å². The molecule has 1 atom stereocenters. The van der Waals surface area contributed by atoms with E-state index in [1.807, 2.05) is 0 Å². The maximum atomic E-state index is 13.7. The summed E-state index contributed by atoms with van der Waals surface area (Å²) in [7, 11) is 1.43. The molecule has 26 heavy (non-hydrogen) atoms. The molecule has 2 rings (SSSR count). The number of methoxy groups -OCH3 is 1. The van der Waals surface area contributed by atoms with Gasteiger partial charge in [-0.25, -0.2) is 9.18 Å². The third-order valence-corrected chi connectivity index (χ3v) is 4.18. The predicted octanol–water partition coefficient (Wildman–Crippen LogP) is 4.63. The number of amides is 1. The highest BCUT2D eigenvalue weighted by molar-refractivity contribution is 6.31. The Hall–Kier alpha value is -2.31. The van der Waals surface area contributed by atoms with Crippen molar-refractivity contribution in [3.8, 4) is 5.75 Å². The van der Waals surface area contributed by atoms with Crippen LogP contribution in [0.1, 0.15) is 22.8 Å². The van der Waals surface area contributed by atoms with Crippen molar-refractivity contribution in [3.05, 3.63) is 57.3 Å². The topological polar surface area (TPSA) is 64.6 Å². The molecule has 2 aromatic rings. The molecule has 5 nitrogen and oxygen atoms in total. The van der Waals surface area contributed by atoms with E-state index in [9.17, 15) is 14.0 Å². The van der Waals surface area contributed by atoms with Crippen LogP contribution in [0.2, 0.25) is 10.0 Å². The maximum absolute atomic E-state index is 13.7. The third kappa shape index (κ3) is 4.65. The first-order chi connectivity index (χ1) is 12.2. The molecule has 8 heteroatoms. The number of carbonyl (C=O) groups excluding carboxylic acids is 2. The van der Waals surface area contributed by atoms with Crippen molar-refractivity contribution in [3.63, 3.8) is 0 Å². The Bertz CT molecular complexity index is 857. The molecular weight excluding hydrogens is 384 g/mol. The van der Waals surface area contributed by atoms with Gasteiger partial charge in [0.05, 0.1) is 18.4 Å². The van der Waals surface area contributed by atoms with Gasteiger partial charge in [0.15, 0.2) is 6.10 Å². The standard InChI is InChI=1S/C18H16Cl2FNO4/c1-9-6-15(16(25-3)8-13(9)20)22-17(23)10(2)26-18(24)12-7-11(19)4-5-14(12)21/h4-8,10H,1-3H3,(H,22,23)/t10-/m0/s1. The van der Waals surface area contributed by atoms with Crippen LogP contribution in [-0.4, -0.2) is 25.1 Å². The van der Waals surface area contributed by atoms with Crippen LogP contribution in [-0.2, 0) is 9.53 Å². The first kappa shape index (κ1) is 20.0. The Morgan fingerprint density at radius 2 is 1.88 bits per heavy atom. The molecule has 0 aromatic heterocycles. The van der Waals surface area contributed by atoms with Crippen molar-refractivity contribution in [1.82, 2.24) is 0 Å². The molecule has 0 aliphatic heterocycles. The van der Waals surface area contributed by atoms with Crippen molar-refractivity contribution in [1.29, 1.82) is 0 Å². The molecule has 1 amide bonds. The van der Waals surface area contributed by atoms with Gasteiger partial charge in [0.2, 0.25) is 0 Å². The maximum Gasteiger partial charge on any atom is 0.341 e. The molecule has 0 saturated heterocycles. The van der Waals surface area contributed by atoms with Crippen LogP contribution in [0.5, 0.6) is 5.75 Å². The fraction of sp³-hybridized carbons (Fsp3) is 0.222. The van der Waals surface area contributed by atoms with E-state index in [0.29, 0.717) is 16.5 Å². The summed E-state index contributed by atoms with van der Waals surface area (Å²) in [6.45, 7) is 3.13. The van der Waals surface area contributed by atoms with Gasteiger partial charge in [-0.2, -0.15) is 0 Å². The SMILES string of the molecule is COc1cc(Cl)c(C)cc1NC(=O)[C@H](C)OC(=O)c1cc(Cl)ccc1F. The van der Waals surface area contributed by atoms with E-state index in [0.717, 1.165) is 17.7 Å². The number of ether oxygens (including phenoxy) is 2. The van der Waals surface area contributed by atoms with Crippen LogP contribution < -0.4 is 10.1 Å². The highest BCUT2D eigenvalue weighted by atomic mass is 35.5. The summed E-state index contributed by atoms with van der Waals surface area (Å²) < 4.78 is 23.9. The number of esters is 1. The summed E-state index contributed by atoms with van der Waals surface area (Å²) in [6.07, 6.45) is -1.18. The molecule has 0 fully saturated rings. The summed E-state index contributed by atoms with van der Waals surface area (Å²) in [5.74, 6) is -2.04. The van der Waals surface area contributed by atoms with Gasteiger partial charge in [-0.15, -0.1) is 0 Å². The fourth-order valence-electron chi connectivity index (χ4n) is 2.10. The molecule has 1 N–H and O–H groups in total. The predicted molar refractivity (Wildman–Crippen MR) is 97.7 cm³/mol. The van der Waals surface area contributed by atoms with Crippen LogP contribution in [0, 0.1) is 12.7 Å². The Labute approximate surface area is 160 Å². The Kier molecular flexibility index (Phi) is 6.45. The van der Waals surface area contributed by atoms with Crippen LogP contribution >= 0.6 is 23.2 Å². The van der Waals surface area contributed by atoms with Gasteiger partial charge in [0, 0.05) is 16.1 Å².